The molecule has 121 valence electrons. The van der Waals surface area contributed by atoms with E-state index in [0.29, 0.717) is 0 Å². The Hall–Kier alpha value is -1.99. The summed E-state index contributed by atoms with van der Waals surface area (Å²) in [6, 6.07) is 27.2. The van der Waals surface area contributed by atoms with Crippen molar-refractivity contribution in [1.29, 1.82) is 0 Å². The molecule has 3 aromatic rings. The Morgan fingerprint density at radius 3 is 2.29 bits per heavy atom. The number of hydrogen-bond acceptors (Lipinski definition) is 1. The van der Waals surface area contributed by atoms with Crippen molar-refractivity contribution in [1.82, 2.24) is 0 Å². The summed E-state index contributed by atoms with van der Waals surface area (Å²) in [7, 11) is 0. The molecule has 3 rings (SSSR count). The van der Waals surface area contributed by atoms with Crippen LogP contribution in [0.25, 0.3) is 0 Å². The van der Waals surface area contributed by atoms with Crippen molar-refractivity contribution in [2.24, 2.45) is 0 Å². The number of thioether (sulfide) groups is 1. The van der Waals surface area contributed by atoms with Crippen LogP contribution in [0.1, 0.15) is 34.7 Å². The monoisotopic (exact) mass is 331 g/mol. The average molecular weight is 332 g/mol. The van der Waals surface area contributed by atoms with Crippen LogP contribution in [0.4, 0.5) is 0 Å². The first-order chi connectivity index (χ1) is 11.8. The minimum absolute atomic E-state index is 0.995. The van der Waals surface area contributed by atoms with E-state index in [2.05, 4.69) is 74.5 Å². The van der Waals surface area contributed by atoms with E-state index >= 15 is 0 Å². The molecule has 0 nitrogen and oxygen atoms in total. The van der Waals surface area contributed by atoms with Gasteiger partial charge in [0.1, 0.15) is 0 Å². The number of aryl methyl sites for hydroxylation is 1. The van der Waals surface area contributed by atoms with E-state index in [9.17, 15) is 0 Å². The van der Waals surface area contributed by atoms with Crippen LogP contribution in [-0.4, -0.2) is 0 Å². The van der Waals surface area contributed by atoms with E-state index in [1.807, 2.05) is 23.9 Å². The molecule has 0 aromatic heterocycles. The van der Waals surface area contributed by atoms with Gasteiger partial charge in [-0.2, -0.15) is 0 Å². The van der Waals surface area contributed by atoms with Crippen LogP contribution >= 0.6 is 11.8 Å². The highest BCUT2D eigenvalue weighted by Crippen LogP contribution is 2.26. The van der Waals surface area contributed by atoms with Crippen LogP contribution in [0.15, 0.2) is 71.6 Å². The molecule has 0 N–H and O–H groups in total. The standard InChI is InChI=1S/C23H23S/c1-3-19-12-14-20(15-13-19)16-21-8-7-9-22(18(21)2)17-24-23-10-5-4-6-11-23/h4-10,12-15H,3,16-17H2,1-2H3. The molecule has 0 spiro atoms. The summed E-state index contributed by atoms with van der Waals surface area (Å²) < 4.78 is 0. The number of rotatable bonds is 6. The zero-order chi connectivity index (χ0) is 16.8. The van der Waals surface area contributed by atoms with Crippen molar-refractivity contribution in [3.05, 3.63) is 101 Å². The van der Waals surface area contributed by atoms with Gasteiger partial charge in [-0.1, -0.05) is 67.6 Å². The first-order valence-electron chi connectivity index (χ1n) is 8.51. The molecule has 0 heterocycles. The predicted molar refractivity (Wildman–Crippen MR) is 105 cm³/mol. The lowest BCUT2D eigenvalue weighted by Crippen LogP contribution is -1.96. The van der Waals surface area contributed by atoms with E-state index in [4.69, 9.17) is 0 Å². The van der Waals surface area contributed by atoms with Gasteiger partial charge in [0.2, 0.25) is 0 Å². The summed E-state index contributed by atoms with van der Waals surface area (Å²) in [5, 5.41) is 0. The van der Waals surface area contributed by atoms with Crippen molar-refractivity contribution in [2.75, 3.05) is 0 Å². The SMILES string of the molecule is CCc1ccc(Cc2cccc(CSc3[c]cccc3)c2C)cc1. The molecule has 0 aliphatic rings. The molecule has 0 saturated heterocycles. The molecule has 0 atom stereocenters. The molecule has 0 fully saturated rings. The Morgan fingerprint density at radius 2 is 1.58 bits per heavy atom. The van der Waals surface area contributed by atoms with Crippen LogP contribution in [0.2, 0.25) is 0 Å². The number of hydrogen-bond donors (Lipinski definition) is 0. The van der Waals surface area contributed by atoms with E-state index in [1.54, 1.807) is 0 Å². The van der Waals surface area contributed by atoms with Crippen LogP contribution in [0.3, 0.4) is 0 Å². The second kappa shape index (κ2) is 8.21. The molecule has 0 aliphatic heterocycles. The van der Waals surface area contributed by atoms with Crippen molar-refractivity contribution in [3.63, 3.8) is 0 Å². The Balaban J connectivity index is 1.72. The molecular formula is C23H23S. The zero-order valence-electron chi connectivity index (χ0n) is 14.4. The third kappa shape index (κ3) is 4.30. The van der Waals surface area contributed by atoms with Crippen molar-refractivity contribution in [3.8, 4) is 0 Å². The Kier molecular flexibility index (Phi) is 5.77. The van der Waals surface area contributed by atoms with Gasteiger partial charge in [-0.3, -0.25) is 0 Å². The van der Waals surface area contributed by atoms with Gasteiger partial charge in [-0.25, -0.2) is 0 Å². The lowest BCUT2D eigenvalue weighted by Gasteiger charge is -2.12. The maximum atomic E-state index is 3.29. The summed E-state index contributed by atoms with van der Waals surface area (Å²) in [5.74, 6) is 0.995. The second-order valence-electron chi connectivity index (χ2n) is 6.06. The highest BCUT2D eigenvalue weighted by atomic mass is 32.2. The first-order valence-corrected chi connectivity index (χ1v) is 9.49. The summed E-state index contributed by atoms with van der Waals surface area (Å²) >= 11 is 1.85. The molecule has 0 bridgehead atoms. The van der Waals surface area contributed by atoms with Gasteiger partial charge >= 0.3 is 0 Å². The predicted octanol–water partition coefficient (Wildman–Crippen LogP) is 6.24. The lowest BCUT2D eigenvalue weighted by atomic mass is 9.96. The van der Waals surface area contributed by atoms with Gasteiger partial charge in [0.05, 0.1) is 0 Å². The topological polar surface area (TPSA) is 0 Å². The first kappa shape index (κ1) is 16.9. The van der Waals surface area contributed by atoms with Gasteiger partial charge in [0, 0.05) is 10.6 Å². The quantitative estimate of drug-likeness (QED) is 0.482. The average Bonchev–Trinajstić information content (AvgIpc) is 2.64. The third-order valence-electron chi connectivity index (χ3n) is 4.45. The van der Waals surface area contributed by atoms with Gasteiger partial charge in [-0.05, 0) is 59.7 Å². The van der Waals surface area contributed by atoms with E-state index in [-0.39, 0.29) is 0 Å². The van der Waals surface area contributed by atoms with E-state index in [0.717, 1.165) is 18.6 Å². The minimum atomic E-state index is 0.995. The molecule has 0 amide bonds. The summed E-state index contributed by atoms with van der Waals surface area (Å²) in [6.45, 7) is 4.45. The van der Waals surface area contributed by atoms with E-state index in [1.165, 1.54) is 32.7 Å². The summed E-state index contributed by atoms with van der Waals surface area (Å²) in [4.78, 5) is 1.21. The highest BCUT2D eigenvalue weighted by Gasteiger charge is 2.06. The summed E-state index contributed by atoms with van der Waals surface area (Å²) in [6.07, 6.45) is 2.11. The van der Waals surface area contributed by atoms with E-state index < -0.39 is 0 Å². The zero-order valence-corrected chi connectivity index (χ0v) is 15.2. The molecule has 0 saturated carbocycles. The fourth-order valence-corrected chi connectivity index (χ4v) is 3.77. The van der Waals surface area contributed by atoms with Crippen LogP contribution in [-0.2, 0) is 18.6 Å². The Morgan fingerprint density at radius 1 is 0.833 bits per heavy atom. The number of benzene rings is 3. The summed E-state index contributed by atoms with van der Waals surface area (Å²) in [5.41, 5.74) is 7.05. The molecule has 0 aliphatic carbocycles. The van der Waals surface area contributed by atoms with Crippen molar-refractivity contribution < 1.29 is 0 Å². The molecule has 1 heteroatoms. The third-order valence-corrected chi connectivity index (χ3v) is 5.47. The molecule has 24 heavy (non-hydrogen) atoms. The van der Waals surface area contributed by atoms with Gasteiger partial charge < -0.3 is 0 Å². The molecule has 1 radical (unpaired) electrons. The maximum absolute atomic E-state index is 3.29. The normalized spacial score (nSPS) is 10.8. The van der Waals surface area contributed by atoms with Gasteiger partial charge in [0.25, 0.3) is 0 Å². The lowest BCUT2D eigenvalue weighted by molar-refractivity contribution is 1.10. The minimum Gasteiger partial charge on any atom is -0.121 e. The Labute approximate surface area is 149 Å². The Bertz CT molecular complexity index is 773. The maximum Gasteiger partial charge on any atom is 0.0234 e. The van der Waals surface area contributed by atoms with Crippen molar-refractivity contribution >= 4 is 11.8 Å². The molecular weight excluding hydrogens is 308 g/mol. The van der Waals surface area contributed by atoms with Crippen LogP contribution in [0.5, 0.6) is 0 Å². The fraction of sp³-hybridized carbons (Fsp3) is 0.217. The second-order valence-corrected chi connectivity index (χ2v) is 7.08. The van der Waals surface area contributed by atoms with Crippen LogP contribution < -0.4 is 0 Å². The molecule has 0 unspecified atom stereocenters. The van der Waals surface area contributed by atoms with Gasteiger partial charge in [-0.15, -0.1) is 11.8 Å². The smallest absolute Gasteiger partial charge is 0.0234 e. The van der Waals surface area contributed by atoms with Crippen LogP contribution in [0, 0.1) is 13.0 Å². The van der Waals surface area contributed by atoms with Crippen molar-refractivity contribution in [2.45, 2.75) is 37.3 Å². The largest absolute Gasteiger partial charge is 0.121 e. The highest BCUT2D eigenvalue weighted by molar-refractivity contribution is 7.98. The van der Waals surface area contributed by atoms with Gasteiger partial charge in [0.15, 0.2) is 0 Å². The fourth-order valence-electron chi connectivity index (χ4n) is 2.82. The molecule has 3 aromatic carbocycles.